The normalized spacial score (nSPS) is 17.4. The Morgan fingerprint density at radius 2 is 1.80 bits per heavy atom. The zero-order valence-electron chi connectivity index (χ0n) is 14.5. The summed E-state index contributed by atoms with van der Waals surface area (Å²) in [6.45, 7) is 8.43. The summed E-state index contributed by atoms with van der Waals surface area (Å²) in [7, 11) is -3.68. The van der Waals surface area contributed by atoms with Gasteiger partial charge in [0.15, 0.2) is 0 Å². The first-order chi connectivity index (χ1) is 11.9. The van der Waals surface area contributed by atoms with Crippen molar-refractivity contribution in [2.24, 2.45) is 4.99 Å². The number of nitrogens with zero attached hydrogens (tertiary/aromatic N) is 2. The van der Waals surface area contributed by atoms with Crippen LogP contribution in [0.2, 0.25) is 0 Å². The molecule has 1 aliphatic heterocycles. The number of benzene rings is 2. The van der Waals surface area contributed by atoms with E-state index in [9.17, 15) is 8.42 Å². The number of hydrogen-bond donors (Lipinski definition) is 0. The van der Waals surface area contributed by atoms with Crippen LogP contribution < -0.4 is 0 Å². The zero-order valence-corrected chi connectivity index (χ0v) is 15.3. The van der Waals surface area contributed by atoms with Crippen LogP contribution in [-0.2, 0) is 10.0 Å². The molecule has 0 saturated heterocycles. The molecule has 0 radical (unpaired) electrons. The maximum absolute atomic E-state index is 13.3. The average molecular weight is 354 g/mol. The summed E-state index contributed by atoms with van der Waals surface area (Å²) in [5.41, 5.74) is 2.72. The maximum Gasteiger partial charge on any atom is 0.265 e. The van der Waals surface area contributed by atoms with Crippen molar-refractivity contribution in [1.29, 1.82) is 0 Å². The highest BCUT2D eigenvalue weighted by Crippen LogP contribution is 2.31. The summed E-state index contributed by atoms with van der Waals surface area (Å²) in [4.78, 5) is 4.76. The van der Waals surface area contributed by atoms with E-state index >= 15 is 0 Å². The molecule has 4 nitrogen and oxygen atoms in total. The lowest BCUT2D eigenvalue weighted by Crippen LogP contribution is -2.41. The van der Waals surface area contributed by atoms with Gasteiger partial charge in [0.2, 0.25) is 0 Å². The van der Waals surface area contributed by atoms with Gasteiger partial charge in [0.05, 0.1) is 17.5 Å². The number of rotatable bonds is 5. The molecule has 2 aromatic rings. The number of aliphatic imine (C=N–C) groups is 1. The van der Waals surface area contributed by atoms with Crippen molar-refractivity contribution in [3.63, 3.8) is 0 Å². The summed E-state index contributed by atoms with van der Waals surface area (Å²) < 4.78 is 28.0. The van der Waals surface area contributed by atoms with E-state index in [1.807, 2.05) is 56.3 Å². The van der Waals surface area contributed by atoms with Crippen LogP contribution >= 0.6 is 0 Å². The Hall–Kier alpha value is -2.40. The van der Waals surface area contributed by atoms with Gasteiger partial charge < -0.3 is 0 Å². The van der Waals surface area contributed by atoms with Crippen molar-refractivity contribution in [2.45, 2.75) is 31.2 Å². The molecule has 1 heterocycles. The summed E-state index contributed by atoms with van der Waals surface area (Å²) in [6.07, 6.45) is 0.559. The Morgan fingerprint density at radius 3 is 2.40 bits per heavy atom. The molecular formula is C20H22N2O2S. The Labute approximate surface area is 149 Å². The van der Waals surface area contributed by atoms with Crippen LogP contribution in [0, 0.1) is 6.92 Å². The summed E-state index contributed by atoms with van der Waals surface area (Å²) >= 11 is 0. The van der Waals surface area contributed by atoms with Crippen molar-refractivity contribution >= 4 is 21.4 Å². The third kappa shape index (κ3) is 3.24. The van der Waals surface area contributed by atoms with Gasteiger partial charge in [0.25, 0.3) is 10.0 Å². The molecule has 1 atom stereocenters. The molecule has 0 N–H and O–H groups in total. The van der Waals surface area contributed by atoms with Gasteiger partial charge >= 0.3 is 0 Å². The molecule has 1 aliphatic rings. The standard InChI is InChI=1S/C20H22N2O2S/c1-4-20-21-14-19(16(3)17-8-6-5-7-9-17)22(20)25(23,24)18-12-10-15(2)11-13-18/h5-13,19H,3-4,14H2,1-2H3. The summed E-state index contributed by atoms with van der Waals surface area (Å²) in [6, 6.07) is 16.2. The van der Waals surface area contributed by atoms with Gasteiger partial charge in [-0.2, -0.15) is 0 Å². The minimum absolute atomic E-state index is 0.284. The Bertz CT molecular complexity index is 900. The monoisotopic (exact) mass is 354 g/mol. The lowest BCUT2D eigenvalue weighted by atomic mass is 10.0. The first-order valence-corrected chi connectivity index (χ1v) is 9.77. The molecule has 25 heavy (non-hydrogen) atoms. The highest BCUT2D eigenvalue weighted by atomic mass is 32.2. The van der Waals surface area contributed by atoms with Gasteiger partial charge in [0, 0.05) is 6.42 Å². The van der Waals surface area contributed by atoms with Gasteiger partial charge in [-0.1, -0.05) is 61.5 Å². The van der Waals surface area contributed by atoms with E-state index in [-0.39, 0.29) is 10.9 Å². The minimum atomic E-state index is -3.68. The minimum Gasteiger partial charge on any atom is -0.269 e. The quantitative estimate of drug-likeness (QED) is 0.818. The van der Waals surface area contributed by atoms with Crippen molar-refractivity contribution in [3.8, 4) is 0 Å². The van der Waals surface area contributed by atoms with Crippen LogP contribution in [0.5, 0.6) is 0 Å². The molecule has 0 fully saturated rings. The smallest absolute Gasteiger partial charge is 0.265 e. The molecule has 0 saturated carbocycles. The Balaban J connectivity index is 2.01. The van der Waals surface area contributed by atoms with Gasteiger partial charge in [-0.15, -0.1) is 0 Å². The molecule has 130 valence electrons. The van der Waals surface area contributed by atoms with Crippen LogP contribution in [0.25, 0.3) is 5.57 Å². The van der Waals surface area contributed by atoms with Crippen molar-refractivity contribution in [2.75, 3.05) is 6.54 Å². The predicted molar refractivity (Wildman–Crippen MR) is 102 cm³/mol. The van der Waals surface area contributed by atoms with E-state index in [0.717, 1.165) is 16.7 Å². The fraction of sp³-hybridized carbons (Fsp3) is 0.250. The van der Waals surface area contributed by atoms with Crippen LogP contribution in [-0.4, -0.2) is 31.1 Å². The highest BCUT2D eigenvalue weighted by Gasteiger charge is 2.38. The number of sulfonamides is 1. The van der Waals surface area contributed by atoms with Gasteiger partial charge in [-0.05, 0) is 30.2 Å². The fourth-order valence-corrected chi connectivity index (χ4v) is 4.71. The van der Waals surface area contributed by atoms with E-state index in [0.29, 0.717) is 18.8 Å². The van der Waals surface area contributed by atoms with Crippen LogP contribution in [0.15, 0.2) is 71.1 Å². The summed E-state index contributed by atoms with van der Waals surface area (Å²) in [5.74, 6) is 0.586. The van der Waals surface area contributed by atoms with Crippen molar-refractivity contribution < 1.29 is 8.42 Å². The SMILES string of the molecule is C=C(c1ccccc1)C1CN=C(CC)N1S(=O)(=O)c1ccc(C)cc1. The molecule has 0 spiro atoms. The lowest BCUT2D eigenvalue weighted by Gasteiger charge is -2.28. The molecular weight excluding hydrogens is 332 g/mol. The first kappa shape index (κ1) is 17.4. The third-order valence-electron chi connectivity index (χ3n) is 4.43. The van der Waals surface area contributed by atoms with Crippen molar-refractivity contribution in [1.82, 2.24) is 4.31 Å². The second kappa shape index (κ2) is 6.84. The average Bonchev–Trinajstić information content (AvgIpc) is 3.07. The highest BCUT2D eigenvalue weighted by molar-refractivity contribution is 7.89. The van der Waals surface area contributed by atoms with Crippen LogP contribution in [0.1, 0.15) is 24.5 Å². The molecule has 5 heteroatoms. The Morgan fingerprint density at radius 1 is 1.16 bits per heavy atom. The summed E-state index contributed by atoms with van der Waals surface area (Å²) in [5, 5.41) is 0. The van der Waals surface area contributed by atoms with E-state index in [4.69, 9.17) is 0 Å². The fourth-order valence-electron chi connectivity index (χ4n) is 3.01. The second-order valence-electron chi connectivity index (χ2n) is 6.13. The Kier molecular flexibility index (Phi) is 4.77. The van der Waals surface area contributed by atoms with Gasteiger partial charge in [-0.3, -0.25) is 4.99 Å². The number of aryl methyl sites for hydroxylation is 1. The number of hydrogen-bond acceptors (Lipinski definition) is 3. The van der Waals surface area contributed by atoms with E-state index in [1.54, 1.807) is 12.1 Å². The molecule has 0 aromatic heterocycles. The lowest BCUT2D eigenvalue weighted by molar-refractivity contribution is 0.505. The van der Waals surface area contributed by atoms with E-state index in [2.05, 4.69) is 11.6 Å². The largest absolute Gasteiger partial charge is 0.269 e. The third-order valence-corrected chi connectivity index (χ3v) is 6.28. The molecule has 2 aromatic carbocycles. The van der Waals surface area contributed by atoms with Crippen LogP contribution in [0.3, 0.4) is 0 Å². The van der Waals surface area contributed by atoms with Gasteiger partial charge in [0.1, 0.15) is 5.84 Å². The molecule has 1 unspecified atom stereocenters. The second-order valence-corrected chi connectivity index (χ2v) is 7.95. The van der Waals surface area contributed by atoms with E-state index < -0.39 is 10.0 Å². The predicted octanol–water partition coefficient (Wildman–Crippen LogP) is 3.89. The number of amidine groups is 1. The molecule has 0 amide bonds. The molecule has 0 aliphatic carbocycles. The van der Waals surface area contributed by atoms with Crippen LogP contribution in [0.4, 0.5) is 0 Å². The molecule has 3 rings (SSSR count). The maximum atomic E-state index is 13.3. The van der Waals surface area contributed by atoms with Crippen molar-refractivity contribution in [3.05, 3.63) is 72.3 Å². The molecule has 0 bridgehead atoms. The van der Waals surface area contributed by atoms with E-state index in [1.165, 1.54) is 4.31 Å². The van der Waals surface area contributed by atoms with Gasteiger partial charge in [-0.25, -0.2) is 12.7 Å². The first-order valence-electron chi connectivity index (χ1n) is 8.33. The zero-order chi connectivity index (χ0) is 18.0. The topological polar surface area (TPSA) is 49.7 Å².